The third-order valence-corrected chi connectivity index (χ3v) is 3.62. The molecule has 0 aliphatic heterocycles. The van der Waals surface area contributed by atoms with Crippen LogP contribution in [0.1, 0.15) is 0 Å². The second-order valence-electron chi connectivity index (χ2n) is 4.08. The van der Waals surface area contributed by atoms with E-state index in [0.29, 0.717) is 11.4 Å². The largest absolute Gasteiger partial charge is 0.397 e. The number of halogens is 2. The molecule has 5 N–H and O–H groups in total. The van der Waals surface area contributed by atoms with Crippen molar-refractivity contribution >= 4 is 38.7 Å². The maximum Gasteiger partial charge on any atom is 0.238 e. The molecule has 5 nitrogen and oxygen atoms in total. The van der Waals surface area contributed by atoms with E-state index < -0.39 is 15.8 Å². The van der Waals surface area contributed by atoms with Gasteiger partial charge < -0.3 is 11.1 Å². The molecule has 0 amide bonds. The van der Waals surface area contributed by atoms with Crippen molar-refractivity contribution in [3.8, 4) is 0 Å². The standard InChI is InChI=1S/C12H11ClFN3O2S/c13-7-3-8(14)5-9(4-7)17-12-2-1-10(6-11(12)15)20(16,18)19/h1-6,17H,15H2,(H2,16,18,19). The fourth-order valence-corrected chi connectivity index (χ4v) is 2.38. The smallest absolute Gasteiger partial charge is 0.238 e. The molecule has 0 aromatic heterocycles. The third-order valence-electron chi connectivity index (χ3n) is 2.49. The third kappa shape index (κ3) is 3.38. The Bertz CT molecular complexity index is 745. The van der Waals surface area contributed by atoms with Crippen molar-refractivity contribution in [2.45, 2.75) is 4.90 Å². The van der Waals surface area contributed by atoms with E-state index >= 15 is 0 Å². The fraction of sp³-hybridized carbons (Fsp3) is 0. The summed E-state index contributed by atoms with van der Waals surface area (Å²) in [4.78, 5) is -0.0992. The molecular formula is C12H11ClFN3O2S. The highest BCUT2D eigenvalue weighted by molar-refractivity contribution is 7.89. The minimum atomic E-state index is -3.82. The SMILES string of the molecule is Nc1cc(S(N)(=O)=O)ccc1Nc1cc(F)cc(Cl)c1. The number of sulfonamides is 1. The van der Waals surface area contributed by atoms with Crippen molar-refractivity contribution in [1.82, 2.24) is 0 Å². The van der Waals surface area contributed by atoms with Crippen LogP contribution in [0.4, 0.5) is 21.5 Å². The van der Waals surface area contributed by atoms with Gasteiger partial charge in [0.1, 0.15) is 5.82 Å². The van der Waals surface area contributed by atoms with Gasteiger partial charge in [-0.1, -0.05) is 11.6 Å². The lowest BCUT2D eigenvalue weighted by Gasteiger charge is -2.11. The Kier molecular flexibility index (Phi) is 3.85. The molecule has 0 aliphatic rings. The van der Waals surface area contributed by atoms with Crippen molar-refractivity contribution in [2.75, 3.05) is 11.1 Å². The predicted octanol–water partition coefficient (Wildman–Crippen LogP) is 2.45. The van der Waals surface area contributed by atoms with Crippen molar-refractivity contribution < 1.29 is 12.8 Å². The van der Waals surface area contributed by atoms with E-state index in [0.717, 1.165) is 0 Å². The number of hydrogen-bond donors (Lipinski definition) is 3. The number of primary sulfonamides is 1. The molecule has 0 saturated carbocycles. The second-order valence-corrected chi connectivity index (χ2v) is 6.08. The van der Waals surface area contributed by atoms with Crippen molar-refractivity contribution in [1.29, 1.82) is 0 Å². The van der Waals surface area contributed by atoms with Gasteiger partial charge in [0.05, 0.1) is 16.3 Å². The molecule has 2 aromatic carbocycles. The van der Waals surface area contributed by atoms with Crippen molar-refractivity contribution in [3.05, 3.63) is 47.2 Å². The van der Waals surface area contributed by atoms with Gasteiger partial charge >= 0.3 is 0 Å². The molecular weight excluding hydrogens is 305 g/mol. The molecule has 0 aliphatic carbocycles. The fourth-order valence-electron chi connectivity index (χ4n) is 1.61. The Balaban J connectivity index is 2.35. The lowest BCUT2D eigenvalue weighted by Crippen LogP contribution is -2.12. The van der Waals surface area contributed by atoms with Crippen LogP contribution in [0.2, 0.25) is 5.02 Å². The molecule has 20 heavy (non-hydrogen) atoms. The minimum absolute atomic E-state index is 0.0992. The Hall–Kier alpha value is -1.83. The molecule has 8 heteroatoms. The number of hydrogen-bond acceptors (Lipinski definition) is 4. The molecule has 0 radical (unpaired) electrons. The van der Waals surface area contributed by atoms with Gasteiger partial charge in [-0.3, -0.25) is 0 Å². The molecule has 2 aromatic rings. The normalized spacial score (nSPS) is 11.3. The van der Waals surface area contributed by atoms with Crippen LogP contribution in [-0.2, 0) is 10.0 Å². The van der Waals surface area contributed by atoms with E-state index in [1.807, 2.05) is 0 Å². The molecule has 0 saturated heterocycles. The van der Waals surface area contributed by atoms with E-state index in [1.165, 1.54) is 36.4 Å². The summed E-state index contributed by atoms with van der Waals surface area (Å²) in [6, 6.07) is 7.87. The number of rotatable bonds is 3. The maximum atomic E-state index is 13.2. The van der Waals surface area contributed by atoms with Gasteiger partial charge in [0.25, 0.3) is 0 Å². The van der Waals surface area contributed by atoms with E-state index in [4.69, 9.17) is 22.5 Å². The molecule has 106 valence electrons. The maximum absolute atomic E-state index is 13.2. The zero-order valence-corrected chi connectivity index (χ0v) is 11.7. The van der Waals surface area contributed by atoms with Crippen LogP contribution in [0.5, 0.6) is 0 Å². The lowest BCUT2D eigenvalue weighted by molar-refractivity contribution is 0.598. The van der Waals surface area contributed by atoms with Gasteiger partial charge in [-0.2, -0.15) is 0 Å². The van der Waals surface area contributed by atoms with Gasteiger partial charge in [0.15, 0.2) is 0 Å². The molecule has 2 rings (SSSR count). The van der Waals surface area contributed by atoms with Crippen LogP contribution in [0.3, 0.4) is 0 Å². The molecule has 0 atom stereocenters. The molecule has 0 heterocycles. The van der Waals surface area contributed by atoms with Gasteiger partial charge in [-0.25, -0.2) is 17.9 Å². The van der Waals surface area contributed by atoms with Gasteiger partial charge in [0.2, 0.25) is 10.0 Å². The average molecular weight is 316 g/mol. The molecule has 0 unspecified atom stereocenters. The first-order valence-electron chi connectivity index (χ1n) is 5.41. The van der Waals surface area contributed by atoms with Crippen LogP contribution in [0, 0.1) is 5.82 Å². The van der Waals surface area contributed by atoms with Crippen molar-refractivity contribution in [3.63, 3.8) is 0 Å². The summed E-state index contributed by atoms with van der Waals surface area (Å²) in [5.74, 6) is -0.500. The Labute approximate surface area is 120 Å². The zero-order chi connectivity index (χ0) is 14.9. The Morgan fingerprint density at radius 2 is 1.85 bits per heavy atom. The summed E-state index contributed by atoms with van der Waals surface area (Å²) in [6.07, 6.45) is 0. The summed E-state index contributed by atoms with van der Waals surface area (Å²) < 4.78 is 35.6. The summed E-state index contributed by atoms with van der Waals surface area (Å²) in [7, 11) is -3.82. The first kappa shape index (κ1) is 14.6. The predicted molar refractivity (Wildman–Crippen MR) is 76.9 cm³/mol. The highest BCUT2D eigenvalue weighted by Gasteiger charge is 2.10. The second kappa shape index (κ2) is 5.28. The number of nitrogens with one attached hydrogen (secondary N) is 1. The number of benzene rings is 2. The highest BCUT2D eigenvalue weighted by Crippen LogP contribution is 2.27. The van der Waals surface area contributed by atoms with Crippen LogP contribution in [-0.4, -0.2) is 8.42 Å². The molecule has 0 fully saturated rings. The van der Waals surface area contributed by atoms with Crippen LogP contribution < -0.4 is 16.2 Å². The molecule has 0 bridgehead atoms. The summed E-state index contributed by atoms with van der Waals surface area (Å²) >= 11 is 5.73. The summed E-state index contributed by atoms with van der Waals surface area (Å²) in [5.41, 5.74) is 6.71. The number of nitrogen functional groups attached to an aromatic ring is 1. The highest BCUT2D eigenvalue weighted by atomic mass is 35.5. The quantitative estimate of drug-likeness (QED) is 0.758. The molecule has 0 spiro atoms. The summed E-state index contributed by atoms with van der Waals surface area (Å²) in [5, 5.41) is 8.07. The van der Waals surface area contributed by atoms with E-state index in [9.17, 15) is 12.8 Å². The van der Waals surface area contributed by atoms with Gasteiger partial charge in [-0.05, 0) is 36.4 Å². The van der Waals surface area contributed by atoms with E-state index in [-0.39, 0.29) is 15.6 Å². The van der Waals surface area contributed by atoms with Crippen LogP contribution in [0.15, 0.2) is 41.3 Å². The number of nitrogens with two attached hydrogens (primary N) is 2. The summed E-state index contributed by atoms with van der Waals surface area (Å²) in [6.45, 7) is 0. The van der Waals surface area contributed by atoms with Crippen LogP contribution in [0.25, 0.3) is 0 Å². The average Bonchev–Trinajstić information content (AvgIpc) is 2.29. The monoisotopic (exact) mass is 315 g/mol. The first-order valence-corrected chi connectivity index (χ1v) is 7.33. The van der Waals surface area contributed by atoms with E-state index in [2.05, 4.69) is 5.32 Å². The minimum Gasteiger partial charge on any atom is -0.397 e. The lowest BCUT2D eigenvalue weighted by atomic mass is 10.2. The Morgan fingerprint density at radius 3 is 2.40 bits per heavy atom. The Morgan fingerprint density at radius 1 is 1.15 bits per heavy atom. The van der Waals surface area contributed by atoms with Crippen molar-refractivity contribution in [2.24, 2.45) is 5.14 Å². The van der Waals surface area contributed by atoms with Crippen LogP contribution >= 0.6 is 11.6 Å². The number of anilines is 3. The topological polar surface area (TPSA) is 98.2 Å². The van der Waals surface area contributed by atoms with E-state index in [1.54, 1.807) is 0 Å². The van der Waals surface area contributed by atoms with Gasteiger partial charge in [0, 0.05) is 10.7 Å². The zero-order valence-electron chi connectivity index (χ0n) is 10.1. The van der Waals surface area contributed by atoms with Gasteiger partial charge in [-0.15, -0.1) is 0 Å². The first-order chi connectivity index (χ1) is 9.25.